The maximum Gasteiger partial charge on any atom is 0.127 e. The van der Waals surface area contributed by atoms with E-state index in [1.165, 1.54) is 11.1 Å². The van der Waals surface area contributed by atoms with Gasteiger partial charge in [0.25, 0.3) is 0 Å². The Labute approximate surface area is 101 Å². The van der Waals surface area contributed by atoms with Gasteiger partial charge in [-0.15, -0.1) is 0 Å². The Morgan fingerprint density at radius 3 is 2.88 bits per heavy atom. The number of benzene rings is 1. The Morgan fingerprint density at radius 2 is 2.00 bits per heavy atom. The van der Waals surface area contributed by atoms with Gasteiger partial charge >= 0.3 is 0 Å². The summed E-state index contributed by atoms with van der Waals surface area (Å²) in [5.74, 6) is 0.904. The summed E-state index contributed by atoms with van der Waals surface area (Å²) >= 11 is 0. The number of nitrogens with zero attached hydrogens (tertiary/aromatic N) is 1. The van der Waals surface area contributed by atoms with E-state index in [4.69, 9.17) is 0 Å². The second kappa shape index (κ2) is 4.55. The van der Waals surface area contributed by atoms with Gasteiger partial charge in [0.2, 0.25) is 0 Å². The lowest BCUT2D eigenvalue weighted by molar-refractivity contribution is 0.550. The lowest BCUT2D eigenvalue weighted by Crippen LogP contribution is -2.34. The molecule has 2 N–H and O–H groups in total. The molecule has 17 heavy (non-hydrogen) atoms. The molecule has 1 aromatic heterocycles. The van der Waals surface area contributed by atoms with E-state index in [0.29, 0.717) is 0 Å². The molecule has 2 aromatic rings. The normalized spacial score (nSPS) is 18.5. The average molecular weight is 225 g/mol. The third-order valence-corrected chi connectivity index (χ3v) is 3.07. The minimum Gasteiger partial charge on any atom is -0.351 e. The third-order valence-electron chi connectivity index (χ3n) is 3.07. The van der Waals surface area contributed by atoms with Crippen LogP contribution in [0.25, 0.3) is 0 Å². The van der Waals surface area contributed by atoms with E-state index in [2.05, 4.69) is 39.9 Å². The van der Waals surface area contributed by atoms with E-state index in [9.17, 15) is 0 Å². The van der Waals surface area contributed by atoms with Crippen LogP contribution >= 0.6 is 0 Å². The van der Waals surface area contributed by atoms with Crippen molar-refractivity contribution in [1.82, 2.24) is 10.3 Å². The molecule has 0 saturated heterocycles. The molecule has 86 valence electrons. The van der Waals surface area contributed by atoms with E-state index >= 15 is 0 Å². The van der Waals surface area contributed by atoms with E-state index in [-0.39, 0.29) is 6.17 Å². The van der Waals surface area contributed by atoms with Crippen molar-refractivity contribution in [1.29, 1.82) is 0 Å². The monoisotopic (exact) mass is 225 g/mol. The molecule has 0 aliphatic carbocycles. The van der Waals surface area contributed by atoms with Crippen LogP contribution in [0, 0.1) is 0 Å². The number of anilines is 1. The average Bonchev–Trinajstić information content (AvgIpc) is 2.40. The third kappa shape index (κ3) is 2.15. The highest BCUT2D eigenvalue weighted by molar-refractivity contribution is 5.41. The predicted octanol–water partition coefficient (Wildman–Crippen LogP) is 2.34. The Morgan fingerprint density at radius 1 is 1.12 bits per heavy atom. The molecule has 2 heterocycles. The van der Waals surface area contributed by atoms with Crippen LogP contribution in [0.5, 0.6) is 0 Å². The second-order valence-electron chi connectivity index (χ2n) is 4.20. The minimum atomic E-state index is 0.162. The Kier molecular flexibility index (Phi) is 2.76. The van der Waals surface area contributed by atoms with Gasteiger partial charge in [0.15, 0.2) is 0 Å². The van der Waals surface area contributed by atoms with Crippen LogP contribution < -0.4 is 10.6 Å². The molecule has 3 heteroatoms. The summed E-state index contributed by atoms with van der Waals surface area (Å²) in [6, 6.07) is 14.4. The Balaban J connectivity index is 1.86. The molecule has 0 amide bonds. The summed E-state index contributed by atoms with van der Waals surface area (Å²) in [5.41, 5.74) is 2.74. The molecule has 1 unspecified atom stereocenters. The van der Waals surface area contributed by atoms with Gasteiger partial charge < -0.3 is 5.32 Å². The summed E-state index contributed by atoms with van der Waals surface area (Å²) < 4.78 is 0. The Hall–Kier alpha value is -1.87. The predicted molar refractivity (Wildman–Crippen MR) is 68.7 cm³/mol. The van der Waals surface area contributed by atoms with Crippen LogP contribution in [0.4, 0.5) is 5.82 Å². The van der Waals surface area contributed by atoms with Crippen LogP contribution in [-0.4, -0.2) is 11.5 Å². The molecule has 0 bridgehead atoms. The zero-order valence-corrected chi connectivity index (χ0v) is 9.56. The zero-order chi connectivity index (χ0) is 11.5. The fraction of sp³-hybridized carbons (Fsp3) is 0.214. The van der Waals surface area contributed by atoms with Crippen LogP contribution in [0.1, 0.15) is 17.3 Å². The quantitative estimate of drug-likeness (QED) is 0.823. The van der Waals surface area contributed by atoms with Gasteiger partial charge in [0, 0.05) is 12.7 Å². The number of hydrogen-bond donors (Lipinski definition) is 2. The summed E-state index contributed by atoms with van der Waals surface area (Å²) in [6.45, 7) is 1.00. The van der Waals surface area contributed by atoms with Crippen molar-refractivity contribution in [2.75, 3.05) is 11.9 Å². The number of nitrogens with one attached hydrogen (secondary N) is 2. The van der Waals surface area contributed by atoms with Crippen molar-refractivity contribution in [3.63, 3.8) is 0 Å². The first-order chi connectivity index (χ1) is 8.43. The van der Waals surface area contributed by atoms with Crippen LogP contribution in [0.2, 0.25) is 0 Å². The smallest absolute Gasteiger partial charge is 0.127 e. The molecule has 1 aromatic carbocycles. The topological polar surface area (TPSA) is 37.0 Å². The first-order valence-electron chi connectivity index (χ1n) is 5.92. The van der Waals surface area contributed by atoms with E-state index in [1.807, 2.05) is 18.2 Å². The van der Waals surface area contributed by atoms with E-state index in [1.54, 1.807) is 6.20 Å². The fourth-order valence-electron chi connectivity index (χ4n) is 2.23. The summed E-state index contributed by atoms with van der Waals surface area (Å²) in [4.78, 5) is 4.29. The highest BCUT2D eigenvalue weighted by Crippen LogP contribution is 2.23. The molecular formula is C14H15N3. The van der Waals surface area contributed by atoms with Gasteiger partial charge in [0.1, 0.15) is 12.0 Å². The van der Waals surface area contributed by atoms with Crippen molar-refractivity contribution >= 4 is 5.82 Å². The molecule has 3 nitrogen and oxygen atoms in total. The van der Waals surface area contributed by atoms with Crippen LogP contribution in [-0.2, 0) is 6.42 Å². The first-order valence-corrected chi connectivity index (χ1v) is 5.92. The van der Waals surface area contributed by atoms with Crippen molar-refractivity contribution in [2.24, 2.45) is 0 Å². The van der Waals surface area contributed by atoms with Gasteiger partial charge in [0.05, 0.1) is 0 Å². The van der Waals surface area contributed by atoms with Crippen molar-refractivity contribution in [3.8, 4) is 0 Å². The molecule has 0 radical (unpaired) electrons. The van der Waals surface area contributed by atoms with Gasteiger partial charge in [-0.3, -0.25) is 5.32 Å². The SMILES string of the molecule is c1ccc(NC2NCCc3ccccc32)nc1. The standard InChI is InChI=1S/C14H15N3/c1-2-6-12-11(5-1)8-10-16-14(12)17-13-7-3-4-9-15-13/h1-7,9,14,16H,8,10H2,(H,15,17). The van der Waals surface area contributed by atoms with Crippen LogP contribution in [0.3, 0.4) is 0 Å². The van der Waals surface area contributed by atoms with Gasteiger partial charge in [-0.05, 0) is 29.7 Å². The lowest BCUT2D eigenvalue weighted by atomic mass is 9.98. The number of fused-ring (bicyclic) bond motifs is 1. The molecule has 0 spiro atoms. The first kappa shape index (κ1) is 10.3. The van der Waals surface area contributed by atoms with Gasteiger partial charge in [-0.2, -0.15) is 0 Å². The molecule has 1 aliphatic heterocycles. The maximum absolute atomic E-state index is 4.29. The number of hydrogen-bond acceptors (Lipinski definition) is 3. The molecule has 1 atom stereocenters. The van der Waals surface area contributed by atoms with Crippen LogP contribution in [0.15, 0.2) is 48.7 Å². The number of aromatic nitrogens is 1. The summed E-state index contributed by atoms with van der Waals surface area (Å²) in [7, 11) is 0. The number of rotatable bonds is 2. The molecule has 0 fully saturated rings. The molecule has 0 saturated carbocycles. The van der Waals surface area contributed by atoms with Crippen molar-refractivity contribution < 1.29 is 0 Å². The summed E-state index contributed by atoms with van der Waals surface area (Å²) in [6.07, 6.45) is 3.06. The van der Waals surface area contributed by atoms with E-state index < -0.39 is 0 Å². The maximum atomic E-state index is 4.29. The minimum absolute atomic E-state index is 0.162. The lowest BCUT2D eigenvalue weighted by Gasteiger charge is -2.28. The molecule has 3 rings (SSSR count). The largest absolute Gasteiger partial charge is 0.351 e. The Bertz CT molecular complexity index is 496. The van der Waals surface area contributed by atoms with E-state index in [0.717, 1.165) is 18.8 Å². The highest BCUT2D eigenvalue weighted by Gasteiger charge is 2.18. The number of pyridine rings is 1. The van der Waals surface area contributed by atoms with Gasteiger partial charge in [-0.25, -0.2) is 4.98 Å². The highest BCUT2D eigenvalue weighted by atomic mass is 15.2. The van der Waals surface area contributed by atoms with Crippen molar-refractivity contribution in [2.45, 2.75) is 12.6 Å². The van der Waals surface area contributed by atoms with Crippen molar-refractivity contribution in [3.05, 3.63) is 59.8 Å². The summed E-state index contributed by atoms with van der Waals surface area (Å²) in [5, 5.41) is 6.89. The molecular weight excluding hydrogens is 210 g/mol. The fourth-order valence-corrected chi connectivity index (χ4v) is 2.23. The second-order valence-corrected chi connectivity index (χ2v) is 4.20. The molecule has 1 aliphatic rings. The van der Waals surface area contributed by atoms with Gasteiger partial charge in [-0.1, -0.05) is 30.3 Å². The zero-order valence-electron chi connectivity index (χ0n) is 9.56.